The van der Waals surface area contributed by atoms with E-state index < -0.39 is 11.9 Å². The van der Waals surface area contributed by atoms with E-state index in [1.165, 1.54) is 6.20 Å². The van der Waals surface area contributed by atoms with Crippen molar-refractivity contribution in [3.63, 3.8) is 0 Å². The van der Waals surface area contributed by atoms with Gasteiger partial charge in [0.15, 0.2) is 5.69 Å². The molecule has 0 amide bonds. The van der Waals surface area contributed by atoms with Crippen LogP contribution in [0.3, 0.4) is 0 Å². The Labute approximate surface area is 128 Å². The molecule has 0 saturated carbocycles. The Morgan fingerprint density at radius 1 is 1.23 bits per heavy atom. The van der Waals surface area contributed by atoms with E-state index in [4.69, 9.17) is 9.47 Å². The zero-order chi connectivity index (χ0) is 15.9. The van der Waals surface area contributed by atoms with Crippen molar-refractivity contribution in [2.45, 2.75) is 19.9 Å². The molecular formula is C14H20N4O4. The Balaban J connectivity index is 2.33. The lowest BCUT2D eigenvalue weighted by atomic mass is 10.2. The van der Waals surface area contributed by atoms with E-state index in [1.54, 1.807) is 13.8 Å². The number of carbonyl (C=O) groups is 2. The van der Waals surface area contributed by atoms with Gasteiger partial charge in [0.25, 0.3) is 0 Å². The van der Waals surface area contributed by atoms with Crippen LogP contribution >= 0.6 is 0 Å². The molecule has 22 heavy (non-hydrogen) atoms. The molecule has 8 nitrogen and oxygen atoms in total. The van der Waals surface area contributed by atoms with Crippen LogP contribution in [0.15, 0.2) is 6.20 Å². The highest BCUT2D eigenvalue weighted by Crippen LogP contribution is 2.14. The van der Waals surface area contributed by atoms with Gasteiger partial charge < -0.3 is 20.1 Å². The van der Waals surface area contributed by atoms with Crippen molar-refractivity contribution in [1.29, 1.82) is 0 Å². The number of aromatic nitrogens is 2. The van der Waals surface area contributed by atoms with Crippen LogP contribution in [0.2, 0.25) is 0 Å². The molecule has 2 rings (SSSR count). The minimum Gasteiger partial charge on any atom is -0.462 e. The number of piperazine rings is 1. The Morgan fingerprint density at radius 2 is 1.95 bits per heavy atom. The molecular weight excluding hydrogens is 288 g/mol. The summed E-state index contributed by atoms with van der Waals surface area (Å²) in [5, 5.41) is 6.47. The quantitative estimate of drug-likeness (QED) is 0.736. The normalized spacial score (nSPS) is 17.8. The number of carbonyl (C=O) groups excluding carboxylic acids is 2. The van der Waals surface area contributed by atoms with Gasteiger partial charge in [0.2, 0.25) is 0 Å². The second-order valence-electron chi connectivity index (χ2n) is 4.64. The summed E-state index contributed by atoms with van der Waals surface area (Å²) < 4.78 is 9.89. The van der Waals surface area contributed by atoms with Gasteiger partial charge in [-0.1, -0.05) is 0 Å². The van der Waals surface area contributed by atoms with E-state index in [-0.39, 0.29) is 30.5 Å². The first-order chi connectivity index (χ1) is 10.7. The molecule has 2 heterocycles. The van der Waals surface area contributed by atoms with Gasteiger partial charge in [-0.3, -0.25) is 0 Å². The molecule has 1 fully saturated rings. The van der Waals surface area contributed by atoms with Crippen LogP contribution < -0.4 is 10.6 Å². The molecule has 1 aliphatic rings. The van der Waals surface area contributed by atoms with Crippen molar-refractivity contribution in [3.05, 3.63) is 23.3 Å². The largest absolute Gasteiger partial charge is 0.462 e. The van der Waals surface area contributed by atoms with Gasteiger partial charge in [0, 0.05) is 25.8 Å². The summed E-state index contributed by atoms with van der Waals surface area (Å²) in [4.78, 5) is 32.4. The second-order valence-corrected chi connectivity index (χ2v) is 4.64. The number of ether oxygens (including phenoxy) is 2. The van der Waals surface area contributed by atoms with Gasteiger partial charge in [0.1, 0.15) is 11.4 Å². The highest BCUT2D eigenvalue weighted by molar-refractivity contribution is 6.01. The monoisotopic (exact) mass is 308 g/mol. The van der Waals surface area contributed by atoms with Crippen LogP contribution in [0, 0.1) is 0 Å². The molecule has 1 aromatic rings. The molecule has 0 aliphatic carbocycles. The lowest BCUT2D eigenvalue weighted by molar-refractivity contribution is 0.0472. The maximum Gasteiger partial charge on any atom is 0.357 e. The van der Waals surface area contributed by atoms with Crippen molar-refractivity contribution in [3.8, 4) is 0 Å². The third kappa shape index (κ3) is 3.77. The van der Waals surface area contributed by atoms with Crippen molar-refractivity contribution in [1.82, 2.24) is 20.6 Å². The van der Waals surface area contributed by atoms with E-state index in [0.717, 1.165) is 13.1 Å². The highest BCUT2D eigenvalue weighted by atomic mass is 16.5. The lowest BCUT2D eigenvalue weighted by Crippen LogP contribution is -2.43. The average molecular weight is 308 g/mol. The second kappa shape index (κ2) is 7.81. The van der Waals surface area contributed by atoms with Gasteiger partial charge in [-0.15, -0.1) is 0 Å². The minimum atomic E-state index is -0.655. The van der Waals surface area contributed by atoms with E-state index in [9.17, 15) is 9.59 Å². The van der Waals surface area contributed by atoms with Gasteiger partial charge in [-0.05, 0) is 13.8 Å². The molecule has 120 valence electrons. The van der Waals surface area contributed by atoms with Crippen LogP contribution in [-0.4, -0.2) is 54.8 Å². The fourth-order valence-corrected chi connectivity index (χ4v) is 2.11. The maximum absolute atomic E-state index is 12.1. The predicted octanol–water partition coefficient (Wildman–Crippen LogP) is 0.0639. The Bertz CT molecular complexity index is 544. The first-order valence-electron chi connectivity index (χ1n) is 7.32. The van der Waals surface area contributed by atoms with E-state index in [0.29, 0.717) is 12.4 Å². The number of nitrogens with zero attached hydrogens (tertiary/aromatic N) is 2. The van der Waals surface area contributed by atoms with Crippen molar-refractivity contribution in [2.75, 3.05) is 32.8 Å². The standard InChI is InChI=1S/C14H20N4O4/c1-3-21-13(19)9-7-17-12(10-8-15-5-6-16-10)18-11(9)14(20)22-4-2/h7,10,15-16H,3-6,8H2,1-2H3. The smallest absolute Gasteiger partial charge is 0.357 e. The summed E-state index contributed by atoms with van der Waals surface area (Å²) in [7, 11) is 0. The maximum atomic E-state index is 12.1. The molecule has 1 aromatic heterocycles. The molecule has 0 radical (unpaired) electrons. The topological polar surface area (TPSA) is 102 Å². The summed E-state index contributed by atoms with van der Waals surface area (Å²) in [6.45, 7) is 6.08. The SMILES string of the molecule is CCOC(=O)c1cnc(C2CNCCN2)nc1C(=O)OCC. The first kappa shape index (κ1) is 16.3. The average Bonchev–Trinajstić information content (AvgIpc) is 2.55. The van der Waals surface area contributed by atoms with Crippen LogP contribution in [-0.2, 0) is 9.47 Å². The van der Waals surface area contributed by atoms with Crippen LogP contribution in [0.25, 0.3) is 0 Å². The molecule has 8 heteroatoms. The number of hydrogen-bond acceptors (Lipinski definition) is 8. The fraction of sp³-hybridized carbons (Fsp3) is 0.571. The third-order valence-electron chi connectivity index (χ3n) is 3.12. The van der Waals surface area contributed by atoms with Gasteiger partial charge in [-0.25, -0.2) is 19.6 Å². The number of nitrogens with one attached hydrogen (secondary N) is 2. The van der Waals surface area contributed by atoms with Crippen LogP contribution in [0.4, 0.5) is 0 Å². The predicted molar refractivity (Wildman–Crippen MR) is 77.6 cm³/mol. The summed E-state index contributed by atoms with van der Waals surface area (Å²) in [5.41, 5.74) is -0.0366. The van der Waals surface area contributed by atoms with Crippen molar-refractivity contribution < 1.29 is 19.1 Å². The highest BCUT2D eigenvalue weighted by Gasteiger charge is 2.25. The van der Waals surface area contributed by atoms with Gasteiger partial charge >= 0.3 is 11.9 Å². The Kier molecular flexibility index (Phi) is 5.79. The number of esters is 2. The number of rotatable bonds is 5. The van der Waals surface area contributed by atoms with E-state index in [2.05, 4.69) is 20.6 Å². The van der Waals surface area contributed by atoms with Gasteiger partial charge in [0.05, 0.1) is 19.3 Å². The minimum absolute atomic E-state index is 0.0211. The van der Waals surface area contributed by atoms with Crippen molar-refractivity contribution >= 4 is 11.9 Å². The summed E-state index contributed by atoms with van der Waals surface area (Å²) in [6, 6.07) is -0.113. The Morgan fingerprint density at radius 3 is 2.59 bits per heavy atom. The first-order valence-corrected chi connectivity index (χ1v) is 7.32. The summed E-state index contributed by atoms with van der Waals surface area (Å²) in [5.74, 6) is -0.840. The Hall–Kier alpha value is -2.06. The molecule has 1 unspecified atom stereocenters. The number of hydrogen-bond donors (Lipinski definition) is 2. The van der Waals surface area contributed by atoms with Crippen LogP contribution in [0.1, 0.15) is 46.6 Å². The van der Waals surface area contributed by atoms with Gasteiger partial charge in [-0.2, -0.15) is 0 Å². The molecule has 2 N–H and O–H groups in total. The van der Waals surface area contributed by atoms with Crippen LogP contribution in [0.5, 0.6) is 0 Å². The van der Waals surface area contributed by atoms with Crippen molar-refractivity contribution in [2.24, 2.45) is 0 Å². The molecule has 0 spiro atoms. The summed E-state index contributed by atoms with van der Waals surface area (Å²) >= 11 is 0. The lowest BCUT2D eigenvalue weighted by Gasteiger charge is -2.23. The van der Waals surface area contributed by atoms with E-state index in [1.807, 2.05) is 0 Å². The van der Waals surface area contributed by atoms with E-state index >= 15 is 0 Å². The molecule has 0 aromatic carbocycles. The molecule has 1 aliphatic heterocycles. The zero-order valence-corrected chi connectivity index (χ0v) is 12.7. The molecule has 1 atom stereocenters. The zero-order valence-electron chi connectivity index (χ0n) is 12.7. The molecule has 0 bridgehead atoms. The third-order valence-corrected chi connectivity index (χ3v) is 3.12. The molecule has 1 saturated heterocycles. The fourth-order valence-electron chi connectivity index (χ4n) is 2.11. The summed E-state index contributed by atoms with van der Waals surface area (Å²) in [6.07, 6.45) is 1.32.